The van der Waals surface area contributed by atoms with Crippen molar-refractivity contribution in [3.8, 4) is 0 Å². The molecular formula is C16H21N3OS. The molecule has 2 aliphatic rings. The summed E-state index contributed by atoms with van der Waals surface area (Å²) in [6.45, 7) is 4.32. The van der Waals surface area contributed by atoms with Crippen LogP contribution in [0.15, 0.2) is 30.3 Å². The molecule has 4 nitrogen and oxygen atoms in total. The van der Waals surface area contributed by atoms with E-state index in [-0.39, 0.29) is 5.91 Å². The van der Waals surface area contributed by atoms with Gasteiger partial charge in [-0.25, -0.2) is 0 Å². The lowest BCUT2D eigenvalue weighted by Gasteiger charge is -2.36. The molecular weight excluding hydrogens is 282 g/mol. The molecule has 0 unspecified atom stereocenters. The van der Waals surface area contributed by atoms with Crippen LogP contribution >= 0.6 is 12.2 Å². The van der Waals surface area contributed by atoms with Crippen molar-refractivity contribution in [1.29, 1.82) is 0 Å². The molecule has 2 N–H and O–H groups in total. The molecule has 5 heteroatoms. The van der Waals surface area contributed by atoms with Crippen molar-refractivity contribution in [2.24, 2.45) is 11.1 Å². The van der Waals surface area contributed by atoms with Crippen molar-refractivity contribution in [2.75, 3.05) is 26.2 Å². The van der Waals surface area contributed by atoms with E-state index in [0.29, 0.717) is 4.99 Å². The second kappa shape index (κ2) is 5.73. The Balaban J connectivity index is 1.54. The predicted octanol–water partition coefficient (Wildman–Crippen LogP) is 1.40. The van der Waals surface area contributed by atoms with E-state index >= 15 is 0 Å². The highest BCUT2D eigenvalue weighted by Gasteiger charge is 2.54. The average molecular weight is 303 g/mol. The number of carbonyl (C=O) groups excluding carboxylic acids is 1. The summed E-state index contributed by atoms with van der Waals surface area (Å²) in [5, 5.41) is 0. The van der Waals surface area contributed by atoms with E-state index in [1.807, 2.05) is 11.0 Å². The molecule has 0 bridgehead atoms. The van der Waals surface area contributed by atoms with Crippen LogP contribution in [0.1, 0.15) is 18.4 Å². The first-order chi connectivity index (χ1) is 10.1. The first-order valence-corrected chi connectivity index (χ1v) is 7.88. The maximum atomic E-state index is 12.5. The molecule has 112 valence electrons. The number of thiocarbonyl (C=S) groups is 1. The molecule has 1 aromatic rings. The van der Waals surface area contributed by atoms with Gasteiger partial charge in [-0.1, -0.05) is 42.5 Å². The van der Waals surface area contributed by atoms with Crippen LogP contribution in [-0.4, -0.2) is 46.9 Å². The van der Waals surface area contributed by atoms with Gasteiger partial charge < -0.3 is 10.6 Å². The fourth-order valence-corrected chi connectivity index (χ4v) is 3.24. The largest absolute Gasteiger partial charge is 0.392 e. The van der Waals surface area contributed by atoms with Gasteiger partial charge in [-0.15, -0.1) is 0 Å². The zero-order chi connectivity index (χ0) is 14.9. The van der Waals surface area contributed by atoms with Crippen LogP contribution in [0.25, 0.3) is 0 Å². The lowest BCUT2D eigenvalue weighted by Crippen LogP contribution is -2.52. The Hall–Kier alpha value is -1.46. The van der Waals surface area contributed by atoms with Crippen molar-refractivity contribution >= 4 is 23.1 Å². The van der Waals surface area contributed by atoms with Crippen LogP contribution in [0.5, 0.6) is 0 Å². The Kier molecular flexibility index (Phi) is 3.95. The Labute approximate surface area is 130 Å². The van der Waals surface area contributed by atoms with E-state index in [1.165, 1.54) is 5.56 Å². The van der Waals surface area contributed by atoms with E-state index in [4.69, 9.17) is 18.0 Å². The first-order valence-electron chi connectivity index (χ1n) is 7.47. The van der Waals surface area contributed by atoms with Crippen molar-refractivity contribution < 1.29 is 4.79 Å². The third-order valence-corrected chi connectivity index (χ3v) is 4.93. The fourth-order valence-electron chi connectivity index (χ4n) is 2.94. The van der Waals surface area contributed by atoms with Gasteiger partial charge in [-0.2, -0.15) is 0 Å². The number of hydrogen-bond donors (Lipinski definition) is 1. The van der Waals surface area contributed by atoms with Crippen LogP contribution < -0.4 is 5.73 Å². The summed E-state index contributed by atoms with van der Waals surface area (Å²) in [5.74, 6) is 0.148. The maximum absolute atomic E-state index is 12.5. The van der Waals surface area contributed by atoms with Gasteiger partial charge >= 0.3 is 0 Å². The minimum Gasteiger partial charge on any atom is -0.392 e. The molecule has 1 heterocycles. The van der Waals surface area contributed by atoms with Gasteiger partial charge in [0.15, 0.2) is 0 Å². The maximum Gasteiger partial charge on any atom is 0.235 e. The molecule has 0 radical (unpaired) electrons. The number of hydrogen-bond acceptors (Lipinski definition) is 3. The molecule has 0 spiro atoms. The predicted molar refractivity (Wildman–Crippen MR) is 86.8 cm³/mol. The van der Waals surface area contributed by atoms with Gasteiger partial charge in [0.05, 0.1) is 10.4 Å². The van der Waals surface area contributed by atoms with E-state index in [9.17, 15) is 4.79 Å². The molecule has 0 atom stereocenters. The minimum absolute atomic E-state index is 0.148. The summed E-state index contributed by atoms with van der Waals surface area (Å²) in [6, 6.07) is 10.4. The number of amides is 1. The average Bonchev–Trinajstić information content (AvgIpc) is 3.30. The summed E-state index contributed by atoms with van der Waals surface area (Å²) in [4.78, 5) is 17.2. The van der Waals surface area contributed by atoms with Gasteiger partial charge in [0.25, 0.3) is 0 Å². The Bertz CT molecular complexity index is 534. The number of nitrogens with two attached hydrogens (primary N) is 1. The molecule has 1 saturated carbocycles. The molecule has 2 fully saturated rings. The third kappa shape index (κ3) is 2.94. The number of carbonyl (C=O) groups is 1. The normalized spacial score (nSPS) is 21.0. The van der Waals surface area contributed by atoms with Crippen LogP contribution in [0.3, 0.4) is 0 Å². The van der Waals surface area contributed by atoms with Crippen molar-refractivity contribution in [3.05, 3.63) is 35.9 Å². The molecule has 0 aromatic heterocycles. The van der Waals surface area contributed by atoms with Crippen LogP contribution in [0.4, 0.5) is 0 Å². The van der Waals surface area contributed by atoms with Gasteiger partial charge in [-0.05, 0) is 18.4 Å². The molecule has 1 aromatic carbocycles. The summed E-state index contributed by atoms with van der Waals surface area (Å²) in [7, 11) is 0. The van der Waals surface area contributed by atoms with Crippen LogP contribution in [0.2, 0.25) is 0 Å². The summed E-state index contributed by atoms with van der Waals surface area (Å²) in [6.07, 6.45) is 1.65. The highest BCUT2D eigenvalue weighted by atomic mass is 32.1. The number of benzene rings is 1. The lowest BCUT2D eigenvalue weighted by molar-refractivity contribution is -0.136. The SMILES string of the molecule is NC(=S)C1(C(=O)N2CCN(Cc3ccccc3)CC2)CC1. The van der Waals surface area contributed by atoms with E-state index in [2.05, 4.69) is 29.2 Å². The van der Waals surface area contributed by atoms with E-state index < -0.39 is 5.41 Å². The molecule has 3 rings (SSSR count). The molecule has 1 saturated heterocycles. The smallest absolute Gasteiger partial charge is 0.235 e. The van der Waals surface area contributed by atoms with Gasteiger partial charge in [0.1, 0.15) is 0 Å². The molecule has 1 aliphatic heterocycles. The van der Waals surface area contributed by atoms with Crippen molar-refractivity contribution in [3.63, 3.8) is 0 Å². The van der Waals surface area contributed by atoms with Gasteiger partial charge in [0.2, 0.25) is 5.91 Å². The minimum atomic E-state index is -0.503. The number of rotatable bonds is 4. The molecule has 1 amide bonds. The monoisotopic (exact) mass is 303 g/mol. The lowest BCUT2D eigenvalue weighted by atomic mass is 10.0. The standard InChI is InChI=1S/C16H21N3OS/c17-14(21)16(6-7-16)15(20)19-10-8-18(9-11-19)12-13-4-2-1-3-5-13/h1-5H,6-12H2,(H2,17,21). The highest BCUT2D eigenvalue weighted by molar-refractivity contribution is 7.80. The second-order valence-corrected chi connectivity index (χ2v) is 6.44. The van der Waals surface area contributed by atoms with Crippen LogP contribution in [0, 0.1) is 5.41 Å². The van der Waals surface area contributed by atoms with Gasteiger partial charge in [0, 0.05) is 32.7 Å². The third-order valence-electron chi connectivity index (χ3n) is 4.54. The first kappa shape index (κ1) is 14.5. The number of nitrogens with zero attached hydrogens (tertiary/aromatic N) is 2. The summed E-state index contributed by atoms with van der Waals surface area (Å²) >= 11 is 5.07. The Morgan fingerprint density at radius 1 is 1.14 bits per heavy atom. The zero-order valence-corrected chi connectivity index (χ0v) is 12.9. The number of piperazine rings is 1. The molecule has 21 heavy (non-hydrogen) atoms. The summed E-state index contributed by atoms with van der Waals surface area (Å²) in [5.41, 5.74) is 6.56. The van der Waals surface area contributed by atoms with E-state index in [0.717, 1.165) is 45.6 Å². The Morgan fingerprint density at radius 2 is 1.76 bits per heavy atom. The zero-order valence-electron chi connectivity index (χ0n) is 12.1. The van der Waals surface area contributed by atoms with E-state index in [1.54, 1.807) is 0 Å². The Morgan fingerprint density at radius 3 is 2.29 bits per heavy atom. The second-order valence-electron chi connectivity index (χ2n) is 6.00. The highest BCUT2D eigenvalue weighted by Crippen LogP contribution is 2.47. The van der Waals surface area contributed by atoms with Gasteiger partial charge in [-0.3, -0.25) is 9.69 Å². The quantitative estimate of drug-likeness (QED) is 0.854. The van der Waals surface area contributed by atoms with Crippen molar-refractivity contribution in [1.82, 2.24) is 9.80 Å². The molecule has 1 aliphatic carbocycles. The topological polar surface area (TPSA) is 49.6 Å². The summed E-state index contributed by atoms with van der Waals surface area (Å²) < 4.78 is 0. The van der Waals surface area contributed by atoms with Crippen molar-refractivity contribution in [2.45, 2.75) is 19.4 Å². The fraction of sp³-hybridized carbons (Fsp3) is 0.500. The van der Waals surface area contributed by atoms with Crippen LogP contribution in [-0.2, 0) is 11.3 Å².